The van der Waals surface area contributed by atoms with Gasteiger partial charge in [-0.2, -0.15) is 0 Å². The second-order valence-electron chi connectivity index (χ2n) is 4.32. The molecule has 1 rings (SSSR count). The van der Waals surface area contributed by atoms with E-state index in [9.17, 15) is 9.59 Å². The molecule has 0 fully saturated rings. The average Bonchev–Trinajstić information content (AvgIpc) is 2.37. The maximum absolute atomic E-state index is 11.6. The fraction of sp³-hybridized carbons (Fsp3) is 0.429. The Morgan fingerprint density at radius 3 is 2.33 bits per heavy atom. The number of hydrogen-bond donors (Lipinski definition) is 1. The Morgan fingerprint density at radius 2 is 1.83 bits per heavy atom. The van der Waals surface area contributed by atoms with Crippen LogP contribution >= 0.6 is 0 Å². The van der Waals surface area contributed by atoms with E-state index in [0.29, 0.717) is 6.42 Å². The van der Waals surface area contributed by atoms with Crippen molar-refractivity contribution < 1.29 is 19.4 Å². The highest BCUT2D eigenvalue weighted by Gasteiger charge is 2.28. The van der Waals surface area contributed by atoms with E-state index in [0.717, 1.165) is 5.56 Å². The van der Waals surface area contributed by atoms with Gasteiger partial charge in [0, 0.05) is 0 Å². The van der Waals surface area contributed by atoms with Crippen LogP contribution in [0.25, 0.3) is 0 Å². The summed E-state index contributed by atoms with van der Waals surface area (Å²) in [6.45, 7) is 3.76. The fourth-order valence-electron chi connectivity index (χ4n) is 1.64. The molecule has 0 saturated heterocycles. The normalized spacial score (nSPS) is 13.7. The van der Waals surface area contributed by atoms with Gasteiger partial charge in [0.2, 0.25) is 0 Å². The van der Waals surface area contributed by atoms with Crippen molar-refractivity contribution in [3.05, 3.63) is 35.9 Å². The molecule has 1 atom stereocenters. The Morgan fingerprint density at radius 1 is 1.22 bits per heavy atom. The molecule has 0 aromatic heterocycles. The van der Waals surface area contributed by atoms with E-state index in [1.165, 1.54) is 0 Å². The Labute approximate surface area is 107 Å². The van der Waals surface area contributed by atoms with Gasteiger partial charge in [-0.1, -0.05) is 37.3 Å². The van der Waals surface area contributed by atoms with E-state index in [1.54, 1.807) is 0 Å². The number of aliphatic carboxylic acids is 1. The van der Waals surface area contributed by atoms with Crippen LogP contribution < -0.4 is 0 Å². The Balaban J connectivity index is 2.71. The molecule has 0 radical (unpaired) electrons. The molecule has 0 aliphatic rings. The highest BCUT2D eigenvalue weighted by Crippen LogP contribution is 2.29. The van der Waals surface area contributed by atoms with Crippen molar-refractivity contribution >= 4 is 11.9 Å². The van der Waals surface area contributed by atoms with Crippen LogP contribution in [0.4, 0.5) is 0 Å². The molecule has 0 saturated carbocycles. The highest BCUT2D eigenvalue weighted by atomic mass is 16.6. The number of rotatable bonds is 6. The lowest BCUT2D eigenvalue weighted by molar-refractivity contribution is -0.161. The van der Waals surface area contributed by atoms with Crippen molar-refractivity contribution in [2.45, 2.75) is 38.7 Å². The third-order valence-corrected chi connectivity index (χ3v) is 2.94. The SMILES string of the molecule is CCC(C)(OC(=O)CCC(=O)O)c1ccccc1. The summed E-state index contributed by atoms with van der Waals surface area (Å²) in [5.74, 6) is -1.48. The predicted octanol–water partition coefficient (Wildman–Crippen LogP) is 2.72. The molecule has 18 heavy (non-hydrogen) atoms. The molecular weight excluding hydrogens is 232 g/mol. The van der Waals surface area contributed by atoms with Gasteiger partial charge in [0.05, 0.1) is 12.8 Å². The monoisotopic (exact) mass is 250 g/mol. The van der Waals surface area contributed by atoms with Crippen molar-refractivity contribution in [1.82, 2.24) is 0 Å². The van der Waals surface area contributed by atoms with E-state index in [4.69, 9.17) is 9.84 Å². The molecule has 1 N–H and O–H groups in total. The number of benzene rings is 1. The van der Waals surface area contributed by atoms with E-state index in [1.807, 2.05) is 44.2 Å². The first kappa shape index (κ1) is 14.2. The van der Waals surface area contributed by atoms with Crippen LogP contribution in [-0.2, 0) is 19.9 Å². The van der Waals surface area contributed by atoms with Gasteiger partial charge in [0.25, 0.3) is 0 Å². The zero-order valence-electron chi connectivity index (χ0n) is 10.7. The Bertz CT molecular complexity index is 413. The molecule has 98 valence electrons. The number of hydrogen-bond acceptors (Lipinski definition) is 3. The average molecular weight is 250 g/mol. The van der Waals surface area contributed by atoms with Crippen molar-refractivity contribution in [2.24, 2.45) is 0 Å². The first-order chi connectivity index (χ1) is 8.48. The van der Waals surface area contributed by atoms with E-state index in [2.05, 4.69) is 0 Å². The second kappa shape index (κ2) is 6.19. The van der Waals surface area contributed by atoms with Gasteiger partial charge in [-0.05, 0) is 18.9 Å². The van der Waals surface area contributed by atoms with Crippen LogP contribution in [0.1, 0.15) is 38.7 Å². The Hall–Kier alpha value is -1.84. The minimum Gasteiger partial charge on any atom is -0.481 e. The minimum atomic E-state index is -0.995. The zero-order chi connectivity index (χ0) is 13.6. The summed E-state index contributed by atoms with van der Waals surface area (Å²) in [7, 11) is 0. The maximum Gasteiger partial charge on any atom is 0.307 e. The molecule has 0 aliphatic carbocycles. The van der Waals surface area contributed by atoms with Crippen LogP contribution in [-0.4, -0.2) is 17.0 Å². The zero-order valence-corrected chi connectivity index (χ0v) is 10.7. The molecule has 1 aromatic rings. The quantitative estimate of drug-likeness (QED) is 0.788. The number of carbonyl (C=O) groups excluding carboxylic acids is 1. The van der Waals surface area contributed by atoms with E-state index < -0.39 is 17.5 Å². The topological polar surface area (TPSA) is 63.6 Å². The molecule has 1 unspecified atom stereocenters. The van der Waals surface area contributed by atoms with Crippen molar-refractivity contribution in [3.63, 3.8) is 0 Å². The summed E-state index contributed by atoms with van der Waals surface area (Å²) in [4.78, 5) is 22.0. The summed E-state index contributed by atoms with van der Waals surface area (Å²) in [5, 5.41) is 8.53. The van der Waals surface area contributed by atoms with Crippen LogP contribution in [0.3, 0.4) is 0 Å². The minimum absolute atomic E-state index is 0.0994. The molecule has 4 nitrogen and oxygen atoms in total. The summed E-state index contributed by atoms with van der Waals surface area (Å²) >= 11 is 0. The van der Waals surface area contributed by atoms with Gasteiger partial charge in [-0.25, -0.2) is 0 Å². The lowest BCUT2D eigenvalue weighted by Crippen LogP contribution is -2.28. The molecule has 4 heteroatoms. The van der Waals surface area contributed by atoms with Gasteiger partial charge in [-0.3, -0.25) is 9.59 Å². The first-order valence-corrected chi connectivity index (χ1v) is 5.97. The number of ether oxygens (including phenoxy) is 1. The summed E-state index contributed by atoms with van der Waals surface area (Å²) in [6, 6.07) is 9.45. The van der Waals surface area contributed by atoms with E-state index in [-0.39, 0.29) is 12.8 Å². The van der Waals surface area contributed by atoms with Gasteiger partial charge in [0.15, 0.2) is 0 Å². The molecule has 0 aliphatic heterocycles. The number of carboxylic acids is 1. The number of carboxylic acid groups (broad SMARTS) is 1. The van der Waals surface area contributed by atoms with Gasteiger partial charge in [-0.15, -0.1) is 0 Å². The maximum atomic E-state index is 11.6. The summed E-state index contributed by atoms with van der Waals surface area (Å²) in [6.07, 6.45) is 0.334. The molecule has 0 spiro atoms. The third-order valence-electron chi connectivity index (χ3n) is 2.94. The van der Waals surface area contributed by atoms with Crippen LogP contribution in [0.2, 0.25) is 0 Å². The molecule has 0 heterocycles. The van der Waals surface area contributed by atoms with Gasteiger partial charge in [0.1, 0.15) is 5.60 Å². The largest absolute Gasteiger partial charge is 0.481 e. The van der Waals surface area contributed by atoms with Crippen molar-refractivity contribution in [2.75, 3.05) is 0 Å². The summed E-state index contributed by atoms with van der Waals surface area (Å²) in [5.41, 5.74) is 0.216. The molecule has 0 bridgehead atoms. The molecule has 1 aromatic carbocycles. The molecular formula is C14H18O4. The van der Waals surface area contributed by atoms with Crippen molar-refractivity contribution in [3.8, 4) is 0 Å². The standard InChI is InChI=1S/C14H18O4/c1-3-14(2,11-7-5-4-6-8-11)18-13(17)10-9-12(15)16/h4-8H,3,9-10H2,1-2H3,(H,15,16). The van der Waals surface area contributed by atoms with E-state index >= 15 is 0 Å². The van der Waals surface area contributed by atoms with Crippen LogP contribution in [0.15, 0.2) is 30.3 Å². The Kier molecular flexibility index (Phi) is 4.89. The van der Waals surface area contributed by atoms with Gasteiger partial charge < -0.3 is 9.84 Å². The number of esters is 1. The fourth-order valence-corrected chi connectivity index (χ4v) is 1.64. The lowest BCUT2D eigenvalue weighted by atomic mass is 9.93. The highest BCUT2D eigenvalue weighted by molar-refractivity contribution is 5.76. The summed E-state index contributed by atoms with van der Waals surface area (Å²) < 4.78 is 5.42. The first-order valence-electron chi connectivity index (χ1n) is 5.97. The van der Waals surface area contributed by atoms with Gasteiger partial charge >= 0.3 is 11.9 Å². The van der Waals surface area contributed by atoms with Crippen LogP contribution in [0, 0.1) is 0 Å². The lowest BCUT2D eigenvalue weighted by Gasteiger charge is -2.29. The number of carbonyl (C=O) groups is 2. The molecule has 0 amide bonds. The predicted molar refractivity (Wildman–Crippen MR) is 67.0 cm³/mol. The third kappa shape index (κ3) is 3.87. The van der Waals surface area contributed by atoms with Crippen molar-refractivity contribution in [1.29, 1.82) is 0 Å². The second-order valence-corrected chi connectivity index (χ2v) is 4.32. The van der Waals surface area contributed by atoms with Crippen LogP contribution in [0.5, 0.6) is 0 Å². The smallest absolute Gasteiger partial charge is 0.307 e.